The monoisotopic (exact) mass is 230 g/mol. The number of hydrogen-bond acceptors (Lipinski definition) is 3. The Kier molecular flexibility index (Phi) is 4.46. The van der Waals surface area contributed by atoms with Crippen molar-refractivity contribution in [2.24, 2.45) is 5.73 Å². The highest BCUT2D eigenvalue weighted by molar-refractivity contribution is 7.99. The third-order valence-corrected chi connectivity index (χ3v) is 3.89. The number of amides is 1. The summed E-state index contributed by atoms with van der Waals surface area (Å²) in [4.78, 5) is 11.7. The second-order valence-corrected chi connectivity index (χ2v) is 6.12. The second kappa shape index (κ2) is 5.21. The minimum Gasteiger partial charge on any atom is -0.352 e. The lowest BCUT2D eigenvalue weighted by molar-refractivity contribution is -0.122. The van der Waals surface area contributed by atoms with Crippen LogP contribution in [0.1, 0.15) is 39.5 Å². The molecule has 0 aromatic heterocycles. The number of carbonyl (C=O) groups excluding carboxylic acids is 1. The highest BCUT2D eigenvalue weighted by atomic mass is 32.2. The minimum absolute atomic E-state index is 0.0912. The van der Waals surface area contributed by atoms with Gasteiger partial charge in [0.1, 0.15) is 0 Å². The van der Waals surface area contributed by atoms with E-state index < -0.39 is 5.54 Å². The normalized spacial score (nSPS) is 26.7. The van der Waals surface area contributed by atoms with Crippen LogP contribution >= 0.6 is 11.8 Å². The number of nitrogens with one attached hydrogen (secondary N) is 1. The van der Waals surface area contributed by atoms with Gasteiger partial charge in [-0.25, -0.2) is 0 Å². The molecule has 3 nitrogen and oxygen atoms in total. The molecule has 3 N–H and O–H groups in total. The number of nitrogens with two attached hydrogens (primary N) is 1. The largest absolute Gasteiger partial charge is 0.352 e. The van der Waals surface area contributed by atoms with Gasteiger partial charge >= 0.3 is 0 Å². The smallest absolute Gasteiger partial charge is 0.222 e. The number of rotatable bonds is 4. The van der Waals surface area contributed by atoms with Gasteiger partial charge in [0, 0.05) is 23.3 Å². The van der Waals surface area contributed by atoms with Crippen molar-refractivity contribution in [3.8, 4) is 0 Å². The summed E-state index contributed by atoms with van der Waals surface area (Å²) in [6.45, 7) is 3.76. The topological polar surface area (TPSA) is 55.1 Å². The van der Waals surface area contributed by atoms with Crippen LogP contribution in [0, 0.1) is 0 Å². The first kappa shape index (κ1) is 12.8. The lowest BCUT2D eigenvalue weighted by atomic mass is 10.0. The Labute approximate surface area is 96.6 Å². The maximum absolute atomic E-state index is 11.7. The van der Waals surface area contributed by atoms with Crippen LogP contribution in [0.5, 0.6) is 0 Å². The van der Waals surface area contributed by atoms with Crippen LogP contribution in [-0.2, 0) is 4.79 Å². The summed E-state index contributed by atoms with van der Waals surface area (Å²) in [5.41, 5.74) is 5.41. The summed E-state index contributed by atoms with van der Waals surface area (Å²) in [6.07, 6.45) is 6.08. The van der Waals surface area contributed by atoms with Crippen molar-refractivity contribution in [2.75, 3.05) is 6.26 Å². The average molecular weight is 230 g/mol. The average Bonchev–Trinajstić information content (AvgIpc) is 2.48. The van der Waals surface area contributed by atoms with Crippen LogP contribution in [-0.4, -0.2) is 29.0 Å². The molecule has 1 aliphatic carbocycles. The van der Waals surface area contributed by atoms with Gasteiger partial charge in [-0.05, 0) is 32.9 Å². The lowest BCUT2D eigenvalue weighted by Gasteiger charge is -2.22. The maximum Gasteiger partial charge on any atom is 0.222 e. The molecule has 1 fully saturated rings. The highest BCUT2D eigenvalue weighted by Gasteiger charge is 2.28. The van der Waals surface area contributed by atoms with Crippen LogP contribution in [0.25, 0.3) is 0 Å². The van der Waals surface area contributed by atoms with E-state index in [0.717, 1.165) is 6.42 Å². The van der Waals surface area contributed by atoms with E-state index in [9.17, 15) is 4.79 Å². The fraction of sp³-hybridized carbons (Fsp3) is 0.909. The molecule has 0 radical (unpaired) electrons. The van der Waals surface area contributed by atoms with Crippen molar-refractivity contribution in [2.45, 2.75) is 56.4 Å². The standard InChI is InChI=1S/C11H22N2OS/c1-11(2,12)7-10(14)13-8-5-4-6-9(8)15-3/h8-9H,4-7,12H2,1-3H3,(H,13,14). The van der Waals surface area contributed by atoms with E-state index in [1.807, 2.05) is 25.6 Å². The number of thioether (sulfide) groups is 1. The van der Waals surface area contributed by atoms with Crippen LogP contribution < -0.4 is 11.1 Å². The Bertz CT molecular complexity index is 225. The first-order chi connectivity index (χ1) is 6.92. The predicted molar refractivity (Wildman–Crippen MR) is 66.0 cm³/mol. The van der Waals surface area contributed by atoms with Gasteiger partial charge in [-0.2, -0.15) is 11.8 Å². The van der Waals surface area contributed by atoms with E-state index in [1.54, 1.807) is 0 Å². The summed E-state index contributed by atoms with van der Waals surface area (Å²) in [7, 11) is 0. The molecule has 0 bridgehead atoms. The zero-order valence-electron chi connectivity index (χ0n) is 9.88. The molecule has 15 heavy (non-hydrogen) atoms. The van der Waals surface area contributed by atoms with Gasteiger partial charge < -0.3 is 11.1 Å². The Hall–Kier alpha value is -0.220. The molecule has 88 valence electrons. The van der Waals surface area contributed by atoms with Crippen LogP contribution in [0.4, 0.5) is 0 Å². The molecular weight excluding hydrogens is 208 g/mol. The van der Waals surface area contributed by atoms with Crippen molar-refractivity contribution in [1.29, 1.82) is 0 Å². The Balaban J connectivity index is 2.37. The van der Waals surface area contributed by atoms with Crippen LogP contribution in [0.3, 0.4) is 0 Å². The predicted octanol–water partition coefficient (Wildman–Crippen LogP) is 1.51. The molecular formula is C11H22N2OS. The van der Waals surface area contributed by atoms with E-state index in [1.165, 1.54) is 12.8 Å². The van der Waals surface area contributed by atoms with Crippen LogP contribution in [0.2, 0.25) is 0 Å². The molecule has 0 heterocycles. The van der Waals surface area contributed by atoms with Gasteiger partial charge in [-0.3, -0.25) is 4.79 Å². The van der Waals surface area contributed by atoms with Crippen molar-refractivity contribution in [1.82, 2.24) is 5.32 Å². The molecule has 0 aromatic rings. The molecule has 1 amide bonds. The fourth-order valence-electron chi connectivity index (χ4n) is 2.04. The first-order valence-corrected chi connectivity index (χ1v) is 6.82. The van der Waals surface area contributed by atoms with E-state index in [0.29, 0.717) is 17.7 Å². The molecule has 1 aliphatic rings. The molecule has 2 atom stereocenters. The molecule has 0 aliphatic heterocycles. The summed E-state index contributed by atoms with van der Waals surface area (Å²) in [5.74, 6) is 0.0912. The third-order valence-electron chi connectivity index (χ3n) is 2.72. The Morgan fingerprint density at radius 3 is 2.73 bits per heavy atom. The Morgan fingerprint density at radius 2 is 2.20 bits per heavy atom. The molecule has 1 rings (SSSR count). The van der Waals surface area contributed by atoms with Gasteiger partial charge in [-0.15, -0.1) is 0 Å². The highest BCUT2D eigenvalue weighted by Crippen LogP contribution is 2.28. The summed E-state index contributed by atoms with van der Waals surface area (Å²) in [5, 5.41) is 3.69. The summed E-state index contributed by atoms with van der Waals surface area (Å²) in [6, 6.07) is 0.356. The van der Waals surface area contributed by atoms with Gasteiger partial charge in [0.15, 0.2) is 0 Å². The van der Waals surface area contributed by atoms with Crippen LogP contribution in [0.15, 0.2) is 0 Å². The molecule has 2 unspecified atom stereocenters. The van der Waals surface area contributed by atoms with E-state index in [4.69, 9.17) is 5.73 Å². The van der Waals surface area contributed by atoms with Gasteiger partial charge in [0.25, 0.3) is 0 Å². The van der Waals surface area contributed by atoms with Gasteiger partial charge in [0.2, 0.25) is 5.91 Å². The van der Waals surface area contributed by atoms with E-state index >= 15 is 0 Å². The maximum atomic E-state index is 11.7. The van der Waals surface area contributed by atoms with Crippen molar-refractivity contribution in [3.05, 3.63) is 0 Å². The van der Waals surface area contributed by atoms with Gasteiger partial charge in [-0.1, -0.05) is 6.42 Å². The summed E-state index contributed by atoms with van der Waals surface area (Å²) >= 11 is 1.85. The Morgan fingerprint density at radius 1 is 1.53 bits per heavy atom. The third kappa shape index (κ3) is 4.43. The molecule has 0 spiro atoms. The van der Waals surface area contributed by atoms with Crippen molar-refractivity contribution >= 4 is 17.7 Å². The summed E-state index contributed by atoms with van der Waals surface area (Å²) < 4.78 is 0. The quantitative estimate of drug-likeness (QED) is 0.770. The van der Waals surface area contributed by atoms with Crippen molar-refractivity contribution in [3.63, 3.8) is 0 Å². The van der Waals surface area contributed by atoms with E-state index in [-0.39, 0.29) is 5.91 Å². The lowest BCUT2D eigenvalue weighted by Crippen LogP contribution is -2.44. The molecule has 4 heteroatoms. The zero-order valence-corrected chi connectivity index (χ0v) is 10.7. The zero-order chi connectivity index (χ0) is 11.5. The van der Waals surface area contributed by atoms with E-state index in [2.05, 4.69) is 11.6 Å². The van der Waals surface area contributed by atoms with Gasteiger partial charge in [0.05, 0.1) is 0 Å². The molecule has 0 aromatic carbocycles. The second-order valence-electron chi connectivity index (χ2n) is 5.04. The number of hydrogen-bond donors (Lipinski definition) is 2. The SMILES string of the molecule is CSC1CCCC1NC(=O)CC(C)(C)N. The first-order valence-electron chi connectivity index (χ1n) is 5.53. The molecule has 1 saturated carbocycles. The fourth-order valence-corrected chi connectivity index (χ4v) is 2.98. The number of carbonyl (C=O) groups is 1. The minimum atomic E-state index is -0.405. The van der Waals surface area contributed by atoms with Crippen molar-refractivity contribution < 1.29 is 4.79 Å². The molecule has 0 saturated heterocycles.